The first kappa shape index (κ1) is 17.3. The lowest BCUT2D eigenvalue weighted by molar-refractivity contribution is -0.116. The van der Waals surface area contributed by atoms with E-state index in [0.717, 1.165) is 44.0 Å². The first-order valence-electron chi connectivity index (χ1n) is 8.44. The largest absolute Gasteiger partial charge is 0.326 e. The predicted molar refractivity (Wildman–Crippen MR) is 93.8 cm³/mol. The highest BCUT2D eigenvalue weighted by atomic mass is 35.5. The second-order valence-electron chi connectivity index (χ2n) is 6.43. The number of amides is 1. The van der Waals surface area contributed by atoms with Gasteiger partial charge in [0.15, 0.2) is 0 Å². The van der Waals surface area contributed by atoms with Crippen LogP contribution >= 0.6 is 12.4 Å². The molecule has 3 nitrogen and oxygen atoms in total. The maximum atomic E-state index is 12.2. The number of carbonyl (C=O) groups is 1. The highest BCUT2D eigenvalue weighted by Gasteiger charge is 2.17. The minimum Gasteiger partial charge on any atom is -0.326 e. The molecule has 0 atom stereocenters. The van der Waals surface area contributed by atoms with E-state index in [1.165, 1.54) is 36.8 Å². The summed E-state index contributed by atoms with van der Waals surface area (Å²) >= 11 is 0. The van der Waals surface area contributed by atoms with Crippen LogP contribution in [-0.4, -0.2) is 19.0 Å². The Balaban J connectivity index is 0.00000176. The molecule has 0 spiro atoms. The molecule has 4 heteroatoms. The molecule has 1 fully saturated rings. The Kier molecular flexibility index (Phi) is 6.71. The average molecular weight is 323 g/mol. The van der Waals surface area contributed by atoms with Gasteiger partial charge in [-0.2, -0.15) is 0 Å². The van der Waals surface area contributed by atoms with Gasteiger partial charge in [-0.1, -0.05) is 12.1 Å². The zero-order valence-corrected chi connectivity index (χ0v) is 14.0. The molecule has 1 heterocycles. The summed E-state index contributed by atoms with van der Waals surface area (Å²) in [6, 6.07) is 6.35. The Morgan fingerprint density at radius 2 is 1.95 bits per heavy atom. The van der Waals surface area contributed by atoms with Gasteiger partial charge in [0, 0.05) is 12.1 Å². The van der Waals surface area contributed by atoms with E-state index >= 15 is 0 Å². The molecule has 0 unspecified atom stereocenters. The smallest absolute Gasteiger partial charge is 0.224 e. The van der Waals surface area contributed by atoms with Crippen molar-refractivity contribution in [2.45, 2.75) is 51.4 Å². The van der Waals surface area contributed by atoms with Crippen LogP contribution in [0.5, 0.6) is 0 Å². The van der Waals surface area contributed by atoms with Crippen molar-refractivity contribution in [3.8, 4) is 0 Å². The quantitative estimate of drug-likeness (QED) is 0.887. The fraction of sp³-hybridized carbons (Fsp3) is 0.611. The summed E-state index contributed by atoms with van der Waals surface area (Å²) in [5, 5.41) is 6.53. The second-order valence-corrected chi connectivity index (χ2v) is 6.43. The maximum absolute atomic E-state index is 12.2. The number of carbonyl (C=O) groups excluding carboxylic acids is 1. The third-order valence-electron chi connectivity index (χ3n) is 4.91. The minimum absolute atomic E-state index is 0. The van der Waals surface area contributed by atoms with E-state index in [1.54, 1.807) is 0 Å². The van der Waals surface area contributed by atoms with Gasteiger partial charge in [0.1, 0.15) is 0 Å². The van der Waals surface area contributed by atoms with E-state index in [0.29, 0.717) is 6.42 Å². The molecule has 2 aliphatic rings. The lowest BCUT2D eigenvalue weighted by Gasteiger charge is -2.22. The Hall–Kier alpha value is -1.06. The van der Waals surface area contributed by atoms with Crippen LogP contribution in [0, 0.1) is 5.92 Å². The van der Waals surface area contributed by atoms with Crippen LogP contribution in [0.15, 0.2) is 18.2 Å². The van der Waals surface area contributed by atoms with Crippen molar-refractivity contribution in [1.29, 1.82) is 0 Å². The number of hydrogen-bond acceptors (Lipinski definition) is 2. The van der Waals surface area contributed by atoms with Gasteiger partial charge < -0.3 is 10.6 Å². The number of halogens is 1. The fourth-order valence-corrected chi connectivity index (χ4v) is 3.62. The monoisotopic (exact) mass is 322 g/mol. The second kappa shape index (κ2) is 8.54. The van der Waals surface area contributed by atoms with E-state index < -0.39 is 0 Å². The molecule has 0 radical (unpaired) electrons. The molecule has 0 bridgehead atoms. The molecule has 1 aromatic carbocycles. The minimum atomic E-state index is 0. The van der Waals surface area contributed by atoms with Crippen molar-refractivity contribution in [2.24, 2.45) is 5.92 Å². The molecule has 1 aliphatic heterocycles. The normalized spacial score (nSPS) is 18.2. The molecule has 1 amide bonds. The standard InChI is InChI=1S/C18H26N2O.ClH/c21-18(9-8-14-10-12-19-13-11-14)20-17-7-3-5-15-4-1-2-6-16(15)17;/h3,5,7,14,19H,1-2,4,6,8-13H2,(H,20,21);1H. The Labute approximate surface area is 139 Å². The lowest BCUT2D eigenvalue weighted by atomic mass is 9.90. The Morgan fingerprint density at radius 3 is 2.77 bits per heavy atom. The molecule has 0 saturated carbocycles. The SMILES string of the molecule is Cl.O=C(CCC1CCNCC1)Nc1cccc2c1CCCC2. The van der Waals surface area contributed by atoms with Gasteiger partial charge >= 0.3 is 0 Å². The first-order valence-corrected chi connectivity index (χ1v) is 8.44. The van der Waals surface area contributed by atoms with Crippen molar-refractivity contribution >= 4 is 24.0 Å². The van der Waals surface area contributed by atoms with E-state index in [9.17, 15) is 4.79 Å². The maximum Gasteiger partial charge on any atom is 0.224 e. The number of aryl methyl sites for hydroxylation is 1. The summed E-state index contributed by atoms with van der Waals surface area (Å²) in [5.74, 6) is 0.911. The van der Waals surface area contributed by atoms with Gasteiger partial charge in [-0.25, -0.2) is 0 Å². The van der Waals surface area contributed by atoms with Crippen molar-refractivity contribution in [2.75, 3.05) is 18.4 Å². The van der Waals surface area contributed by atoms with E-state index in [2.05, 4.69) is 28.8 Å². The molecule has 1 aliphatic carbocycles. The van der Waals surface area contributed by atoms with Crippen LogP contribution in [-0.2, 0) is 17.6 Å². The predicted octanol–water partition coefficient (Wildman–Crippen LogP) is 3.71. The summed E-state index contributed by atoms with van der Waals surface area (Å²) in [6.45, 7) is 2.22. The highest BCUT2D eigenvalue weighted by molar-refractivity contribution is 5.91. The number of rotatable bonds is 4. The van der Waals surface area contributed by atoms with E-state index in [1.807, 2.05) is 0 Å². The van der Waals surface area contributed by atoms with Crippen molar-refractivity contribution in [3.63, 3.8) is 0 Å². The number of hydrogen-bond donors (Lipinski definition) is 2. The Bertz CT molecular complexity index is 498. The van der Waals surface area contributed by atoms with Crippen LogP contribution < -0.4 is 10.6 Å². The zero-order chi connectivity index (χ0) is 14.5. The molecule has 122 valence electrons. The van der Waals surface area contributed by atoms with Crippen LogP contribution in [0.25, 0.3) is 0 Å². The number of piperidine rings is 1. The van der Waals surface area contributed by atoms with Crippen LogP contribution in [0.4, 0.5) is 5.69 Å². The van der Waals surface area contributed by atoms with Crippen LogP contribution in [0.2, 0.25) is 0 Å². The molecule has 1 aromatic rings. The number of benzene rings is 1. The molecule has 0 aromatic heterocycles. The van der Waals surface area contributed by atoms with Gasteiger partial charge in [-0.05, 0) is 81.1 Å². The van der Waals surface area contributed by atoms with Gasteiger partial charge in [0.05, 0.1) is 0 Å². The first-order chi connectivity index (χ1) is 10.3. The molecule has 1 saturated heterocycles. The molecule has 22 heavy (non-hydrogen) atoms. The van der Waals surface area contributed by atoms with Gasteiger partial charge in [-0.15, -0.1) is 12.4 Å². The van der Waals surface area contributed by atoms with Gasteiger partial charge in [0.2, 0.25) is 5.91 Å². The van der Waals surface area contributed by atoms with Crippen LogP contribution in [0.3, 0.4) is 0 Å². The van der Waals surface area contributed by atoms with Crippen molar-refractivity contribution in [3.05, 3.63) is 29.3 Å². The summed E-state index contributed by atoms with van der Waals surface area (Å²) < 4.78 is 0. The van der Waals surface area contributed by atoms with Crippen molar-refractivity contribution in [1.82, 2.24) is 5.32 Å². The molecule has 2 N–H and O–H groups in total. The number of anilines is 1. The number of fused-ring (bicyclic) bond motifs is 1. The molecular formula is C18H27ClN2O. The third kappa shape index (κ3) is 4.47. The zero-order valence-electron chi connectivity index (χ0n) is 13.2. The van der Waals surface area contributed by atoms with Gasteiger partial charge in [-0.3, -0.25) is 4.79 Å². The summed E-state index contributed by atoms with van der Waals surface area (Å²) in [7, 11) is 0. The fourth-order valence-electron chi connectivity index (χ4n) is 3.62. The Morgan fingerprint density at radius 1 is 1.18 bits per heavy atom. The third-order valence-corrected chi connectivity index (χ3v) is 4.91. The number of nitrogens with one attached hydrogen (secondary N) is 2. The average Bonchev–Trinajstić information content (AvgIpc) is 2.54. The highest BCUT2D eigenvalue weighted by Crippen LogP contribution is 2.28. The van der Waals surface area contributed by atoms with Crippen molar-refractivity contribution < 1.29 is 4.79 Å². The topological polar surface area (TPSA) is 41.1 Å². The summed E-state index contributed by atoms with van der Waals surface area (Å²) in [4.78, 5) is 12.2. The van der Waals surface area contributed by atoms with Crippen LogP contribution in [0.1, 0.15) is 49.7 Å². The summed E-state index contributed by atoms with van der Waals surface area (Å²) in [5.41, 5.74) is 3.86. The summed E-state index contributed by atoms with van der Waals surface area (Å²) in [6.07, 6.45) is 8.92. The molecular weight excluding hydrogens is 296 g/mol. The van der Waals surface area contributed by atoms with Gasteiger partial charge in [0.25, 0.3) is 0 Å². The van der Waals surface area contributed by atoms with E-state index in [-0.39, 0.29) is 18.3 Å². The lowest BCUT2D eigenvalue weighted by Crippen LogP contribution is -2.28. The molecule has 3 rings (SSSR count). The van der Waals surface area contributed by atoms with E-state index in [4.69, 9.17) is 0 Å².